The number of halogens is 1. The van der Waals surface area contributed by atoms with E-state index in [1.54, 1.807) is 18.2 Å². The van der Waals surface area contributed by atoms with Gasteiger partial charge in [-0.3, -0.25) is 4.79 Å². The first-order chi connectivity index (χ1) is 8.08. The molecule has 1 amide bonds. The number of rotatable bonds is 1. The van der Waals surface area contributed by atoms with Crippen LogP contribution in [0.5, 0.6) is 5.75 Å². The summed E-state index contributed by atoms with van der Waals surface area (Å²) in [4.78, 5) is 14.1. The van der Waals surface area contributed by atoms with Crippen molar-refractivity contribution in [1.29, 1.82) is 0 Å². The van der Waals surface area contributed by atoms with Crippen molar-refractivity contribution in [1.82, 2.24) is 4.90 Å². The molecule has 4 heteroatoms. The SMILES string of the molecule is C[C@@H]1CCCN(C(=O)c2cc(Br)ccc2O)C1. The average molecular weight is 298 g/mol. The highest BCUT2D eigenvalue weighted by Crippen LogP contribution is 2.25. The molecule has 1 aliphatic rings. The van der Waals surface area contributed by atoms with E-state index in [-0.39, 0.29) is 11.7 Å². The molecule has 0 radical (unpaired) electrons. The molecule has 92 valence electrons. The molecular formula is C13H16BrNO2. The van der Waals surface area contributed by atoms with E-state index in [2.05, 4.69) is 22.9 Å². The maximum Gasteiger partial charge on any atom is 0.257 e. The van der Waals surface area contributed by atoms with Gasteiger partial charge >= 0.3 is 0 Å². The first kappa shape index (κ1) is 12.4. The van der Waals surface area contributed by atoms with Gasteiger partial charge in [-0.05, 0) is 37.0 Å². The summed E-state index contributed by atoms with van der Waals surface area (Å²) in [5.41, 5.74) is 0.383. The molecule has 1 heterocycles. The van der Waals surface area contributed by atoms with Crippen molar-refractivity contribution in [3.8, 4) is 5.75 Å². The van der Waals surface area contributed by atoms with Crippen LogP contribution in [0, 0.1) is 5.92 Å². The zero-order valence-corrected chi connectivity index (χ0v) is 11.4. The Kier molecular flexibility index (Phi) is 3.72. The van der Waals surface area contributed by atoms with E-state index in [1.807, 2.05) is 4.90 Å². The van der Waals surface area contributed by atoms with Crippen LogP contribution in [0.3, 0.4) is 0 Å². The smallest absolute Gasteiger partial charge is 0.257 e. The lowest BCUT2D eigenvalue weighted by Crippen LogP contribution is -2.39. The third kappa shape index (κ3) is 2.80. The van der Waals surface area contributed by atoms with Gasteiger partial charge in [-0.2, -0.15) is 0 Å². The maximum atomic E-state index is 12.3. The Morgan fingerprint density at radius 1 is 1.53 bits per heavy atom. The number of phenols is 1. The molecule has 1 aromatic carbocycles. The molecule has 0 aliphatic carbocycles. The lowest BCUT2D eigenvalue weighted by Gasteiger charge is -2.31. The summed E-state index contributed by atoms with van der Waals surface area (Å²) >= 11 is 3.32. The van der Waals surface area contributed by atoms with E-state index in [4.69, 9.17) is 0 Å². The molecule has 1 atom stereocenters. The number of aromatic hydroxyl groups is 1. The molecule has 17 heavy (non-hydrogen) atoms. The van der Waals surface area contributed by atoms with Crippen LogP contribution in [0.2, 0.25) is 0 Å². The van der Waals surface area contributed by atoms with Gasteiger partial charge in [0.05, 0.1) is 5.56 Å². The van der Waals surface area contributed by atoms with Gasteiger partial charge in [-0.25, -0.2) is 0 Å². The summed E-state index contributed by atoms with van der Waals surface area (Å²) in [7, 11) is 0. The summed E-state index contributed by atoms with van der Waals surface area (Å²) < 4.78 is 0.809. The van der Waals surface area contributed by atoms with Gasteiger partial charge in [0, 0.05) is 17.6 Å². The number of likely N-dealkylation sites (tertiary alicyclic amines) is 1. The van der Waals surface area contributed by atoms with Crippen LogP contribution in [-0.4, -0.2) is 29.0 Å². The van der Waals surface area contributed by atoms with Gasteiger partial charge in [-0.1, -0.05) is 22.9 Å². The maximum absolute atomic E-state index is 12.3. The first-order valence-corrected chi connectivity index (χ1v) is 6.65. The molecule has 0 spiro atoms. The van der Waals surface area contributed by atoms with Crippen molar-refractivity contribution in [2.75, 3.05) is 13.1 Å². The second-order valence-corrected chi connectivity index (χ2v) is 5.58. The largest absolute Gasteiger partial charge is 0.507 e. The zero-order valence-electron chi connectivity index (χ0n) is 9.82. The molecule has 0 saturated carbocycles. The third-order valence-electron chi connectivity index (χ3n) is 3.13. The van der Waals surface area contributed by atoms with Gasteiger partial charge in [0.2, 0.25) is 0 Å². The number of carbonyl (C=O) groups is 1. The normalized spacial score (nSPS) is 20.4. The van der Waals surface area contributed by atoms with Gasteiger partial charge in [0.15, 0.2) is 0 Å². The average Bonchev–Trinajstić information content (AvgIpc) is 2.31. The minimum Gasteiger partial charge on any atom is -0.507 e. The number of carbonyl (C=O) groups excluding carboxylic acids is 1. The van der Waals surface area contributed by atoms with E-state index in [1.165, 1.54) is 6.42 Å². The van der Waals surface area contributed by atoms with E-state index in [9.17, 15) is 9.90 Å². The molecule has 1 saturated heterocycles. The molecule has 2 rings (SSSR count). The van der Waals surface area contributed by atoms with Crippen LogP contribution in [0.25, 0.3) is 0 Å². The second kappa shape index (κ2) is 5.08. The summed E-state index contributed by atoms with van der Waals surface area (Å²) in [6, 6.07) is 4.95. The predicted molar refractivity (Wildman–Crippen MR) is 70.1 cm³/mol. The monoisotopic (exact) mass is 297 g/mol. The fourth-order valence-electron chi connectivity index (χ4n) is 2.22. The van der Waals surface area contributed by atoms with E-state index < -0.39 is 0 Å². The molecular weight excluding hydrogens is 282 g/mol. The molecule has 0 aromatic heterocycles. The lowest BCUT2D eigenvalue weighted by molar-refractivity contribution is 0.0680. The fourth-order valence-corrected chi connectivity index (χ4v) is 2.58. The summed E-state index contributed by atoms with van der Waals surface area (Å²) in [6.07, 6.45) is 2.22. The standard InChI is InChI=1S/C13H16BrNO2/c1-9-3-2-6-15(8-9)13(17)11-7-10(14)4-5-12(11)16/h4-5,7,9,16H,2-3,6,8H2,1H3/t9-/m1/s1. The number of amides is 1. The van der Waals surface area contributed by atoms with Gasteiger partial charge in [-0.15, -0.1) is 0 Å². The highest BCUT2D eigenvalue weighted by molar-refractivity contribution is 9.10. The molecule has 0 bridgehead atoms. The number of phenolic OH excluding ortho intramolecular Hbond substituents is 1. The highest BCUT2D eigenvalue weighted by Gasteiger charge is 2.23. The van der Waals surface area contributed by atoms with Crippen LogP contribution >= 0.6 is 15.9 Å². The molecule has 0 unspecified atom stereocenters. The van der Waals surface area contributed by atoms with Gasteiger partial charge < -0.3 is 10.0 Å². The molecule has 1 fully saturated rings. The van der Waals surface area contributed by atoms with Crippen molar-refractivity contribution in [3.05, 3.63) is 28.2 Å². The Labute approximate surface area is 110 Å². The number of piperidine rings is 1. The minimum absolute atomic E-state index is 0.0522. The Morgan fingerprint density at radius 2 is 2.29 bits per heavy atom. The van der Waals surface area contributed by atoms with E-state index in [0.717, 1.165) is 24.0 Å². The van der Waals surface area contributed by atoms with Crippen LogP contribution in [0.4, 0.5) is 0 Å². The third-order valence-corrected chi connectivity index (χ3v) is 3.63. The van der Waals surface area contributed by atoms with Crippen LogP contribution in [-0.2, 0) is 0 Å². The number of benzene rings is 1. The summed E-state index contributed by atoms with van der Waals surface area (Å²) in [5, 5.41) is 9.73. The molecule has 1 aromatic rings. The summed E-state index contributed by atoms with van der Waals surface area (Å²) in [6.45, 7) is 3.72. The highest BCUT2D eigenvalue weighted by atomic mass is 79.9. The Bertz CT molecular complexity index is 433. The van der Waals surface area contributed by atoms with Crippen molar-refractivity contribution < 1.29 is 9.90 Å². The number of hydrogen-bond acceptors (Lipinski definition) is 2. The van der Waals surface area contributed by atoms with Crippen molar-refractivity contribution in [2.24, 2.45) is 5.92 Å². The quantitative estimate of drug-likeness (QED) is 0.865. The zero-order chi connectivity index (χ0) is 12.4. The topological polar surface area (TPSA) is 40.5 Å². The Hall–Kier alpha value is -1.03. The fraction of sp³-hybridized carbons (Fsp3) is 0.462. The first-order valence-electron chi connectivity index (χ1n) is 5.85. The van der Waals surface area contributed by atoms with Crippen LogP contribution in [0.15, 0.2) is 22.7 Å². The van der Waals surface area contributed by atoms with Gasteiger partial charge in [0.1, 0.15) is 5.75 Å². The molecule has 1 aliphatic heterocycles. The van der Waals surface area contributed by atoms with E-state index >= 15 is 0 Å². The number of nitrogens with zero attached hydrogens (tertiary/aromatic N) is 1. The minimum atomic E-state index is -0.0737. The predicted octanol–water partition coefficient (Wildman–Crippen LogP) is 3.03. The summed E-state index contributed by atoms with van der Waals surface area (Å²) in [5.74, 6) is 0.522. The molecule has 1 N–H and O–H groups in total. The molecule has 3 nitrogen and oxygen atoms in total. The van der Waals surface area contributed by atoms with Crippen molar-refractivity contribution in [2.45, 2.75) is 19.8 Å². The Balaban J connectivity index is 2.21. The second-order valence-electron chi connectivity index (χ2n) is 4.66. The lowest BCUT2D eigenvalue weighted by atomic mass is 9.99. The van der Waals surface area contributed by atoms with Gasteiger partial charge in [0.25, 0.3) is 5.91 Å². The van der Waals surface area contributed by atoms with Crippen molar-refractivity contribution in [3.63, 3.8) is 0 Å². The van der Waals surface area contributed by atoms with Crippen molar-refractivity contribution >= 4 is 21.8 Å². The van der Waals surface area contributed by atoms with Crippen LogP contribution in [0.1, 0.15) is 30.1 Å². The number of hydrogen-bond donors (Lipinski definition) is 1. The van der Waals surface area contributed by atoms with Crippen LogP contribution < -0.4 is 0 Å². The Morgan fingerprint density at radius 3 is 3.00 bits per heavy atom. The van der Waals surface area contributed by atoms with E-state index in [0.29, 0.717) is 11.5 Å².